The first-order valence-corrected chi connectivity index (χ1v) is 7.83. The third-order valence-corrected chi connectivity index (χ3v) is 4.63. The minimum absolute atomic E-state index is 0.264. The van der Waals surface area contributed by atoms with E-state index in [9.17, 15) is 0 Å². The molecule has 4 nitrogen and oxygen atoms in total. The molecule has 4 rings (SSSR count). The Hall–Kier alpha value is -1.65. The molecule has 21 heavy (non-hydrogen) atoms. The van der Waals surface area contributed by atoms with Crippen LogP contribution < -0.4 is 5.32 Å². The van der Waals surface area contributed by atoms with E-state index in [4.69, 9.17) is 4.74 Å². The quantitative estimate of drug-likeness (QED) is 0.939. The molecular formula is C17H21N3O. The molecule has 4 heteroatoms. The van der Waals surface area contributed by atoms with Gasteiger partial charge < -0.3 is 10.1 Å². The Morgan fingerprint density at radius 2 is 2.24 bits per heavy atom. The molecule has 2 aromatic rings. The number of aromatic nitrogens is 1. The fraction of sp³-hybridized carbons (Fsp3) is 0.471. The van der Waals surface area contributed by atoms with E-state index < -0.39 is 0 Å². The van der Waals surface area contributed by atoms with Crippen LogP contribution in [0.4, 0.5) is 5.82 Å². The first-order valence-electron chi connectivity index (χ1n) is 7.83. The van der Waals surface area contributed by atoms with Crippen molar-refractivity contribution in [3.63, 3.8) is 0 Å². The van der Waals surface area contributed by atoms with Crippen molar-refractivity contribution in [2.45, 2.75) is 25.0 Å². The Kier molecular flexibility index (Phi) is 3.49. The zero-order valence-electron chi connectivity index (χ0n) is 12.2. The molecule has 2 aliphatic heterocycles. The summed E-state index contributed by atoms with van der Waals surface area (Å²) in [6.45, 7) is 3.99. The minimum Gasteiger partial charge on any atom is -0.373 e. The van der Waals surface area contributed by atoms with Gasteiger partial charge in [0.25, 0.3) is 0 Å². The monoisotopic (exact) mass is 283 g/mol. The molecule has 2 aliphatic rings. The zero-order valence-corrected chi connectivity index (χ0v) is 12.2. The second-order valence-electron chi connectivity index (χ2n) is 6.01. The Balaban J connectivity index is 1.44. The van der Waals surface area contributed by atoms with Gasteiger partial charge >= 0.3 is 0 Å². The minimum atomic E-state index is 0.264. The van der Waals surface area contributed by atoms with Gasteiger partial charge in [0, 0.05) is 30.7 Å². The van der Waals surface area contributed by atoms with Crippen LogP contribution in [0.25, 0.3) is 10.8 Å². The maximum atomic E-state index is 5.99. The van der Waals surface area contributed by atoms with Gasteiger partial charge in [0.2, 0.25) is 0 Å². The average molecular weight is 283 g/mol. The molecule has 3 heterocycles. The smallest absolute Gasteiger partial charge is 0.133 e. The van der Waals surface area contributed by atoms with Gasteiger partial charge in [0.05, 0.1) is 12.7 Å². The molecule has 0 spiro atoms. The molecule has 0 radical (unpaired) electrons. The second-order valence-corrected chi connectivity index (χ2v) is 6.01. The number of anilines is 1. The van der Waals surface area contributed by atoms with Gasteiger partial charge in [-0.3, -0.25) is 4.90 Å². The molecule has 0 bridgehead atoms. The highest BCUT2D eigenvalue weighted by Gasteiger charge is 2.31. The molecule has 0 aliphatic carbocycles. The Labute approximate surface area is 125 Å². The lowest BCUT2D eigenvalue weighted by Gasteiger charge is -2.35. The average Bonchev–Trinajstić information content (AvgIpc) is 3.00. The molecule has 2 fully saturated rings. The van der Waals surface area contributed by atoms with Crippen molar-refractivity contribution in [3.05, 3.63) is 36.5 Å². The van der Waals surface area contributed by atoms with Crippen LogP contribution in [0.15, 0.2) is 36.5 Å². The highest BCUT2D eigenvalue weighted by Crippen LogP contribution is 2.24. The number of hydrogen-bond donors (Lipinski definition) is 1. The predicted molar refractivity (Wildman–Crippen MR) is 84.6 cm³/mol. The maximum absolute atomic E-state index is 5.99. The summed E-state index contributed by atoms with van der Waals surface area (Å²) in [4.78, 5) is 7.05. The Bertz CT molecular complexity index is 625. The summed E-state index contributed by atoms with van der Waals surface area (Å²) in [5, 5.41) is 5.87. The standard InChI is InChI=1S/C17H21N3O/c1-2-6-16-13(4-1)7-8-18-17(16)19-10-15-11-20-9-3-5-14(20)12-21-15/h1-2,4,6-8,14-15H,3,5,9-12H2,(H,18,19). The molecule has 0 saturated carbocycles. The van der Waals surface area contributed by atoms with Gasteiger partial charge in [-0.25, -0.2) is 4.98 Å². The fourth-order valence-corrected chi connectivity index (χ4v) is 3.48. The van der Waals surface area contributed by atoms with E-state index in [-0.39, 0.29) is 6.10 Å². The van der Waals surface area contributed by atoms with Gasteiger partial charge in [-0.2, -0.15) is 0 Å². The number of rotatable bonds is 3. The van der Waals surface area contributed by atoms with Crippen LogP contribution in [0.5, 0.6) is 0 Å². The summed E-state index contributed by atoms with van der Waals surface area (Å²) < 4.78 is 5.99. The summed E-state index contributed by atoms with van der Waals surface area (Å²) >= 11 is 0. The third-order valence-electron chi connectivity index (χ3n) is 4.63. The summed E-state index contributed by atoms with van der Waals surface area (Å²) in [6, 6.07) is 11.1. The third kappa shape index (κ3) is 2.61. The number of pyridine rings is 1. The second kappa shape index (κ2) is 5.62. The van der Waals surface area contributed by atoms with Crippen LogP contribution in [0.1, 0.15) is 12.8 Å². The number of hydrogen-bond acceptors (Lipinski definition) is 4. The first kappa shape index (κ1) is 13.0. The number of fused-ring (bicyclic) bond motifs is 2. The van der Waals surface area contributed by atoms with E-state index in [1.54, 1.807) is 0 Å². The Morgan fingerprint density at radius 1 is 1.29 bits per heavy atom. The number of nitrogens with zero attached hydrogens (tertiary/aromatic N) is 2. The van der Waals surface area contributed by atoms with Crippen molar-refractivity contribution in [1.82, 2.24) is 9.88 Å². The number of benzene rings is 1. The van der Waals surface area contributed by atoms with Crippen LogP contribution in [0.2, 0.25) is 0 Å². The predicted octanol–water partition coefficient (Wildman–Crippen LogP) is 2.51. The molecule has 110 valence electrons. The van der Waals surface area contributed by atoms with E-state index in [1.165, 1.54) is 30.2 Å². The van der Waals surface area contributed by atoms with Crippen LogP contribution >= 0.6 is 0 Å². The lowest BCUT2D eigenvalue weighted by atomic mass is 10.1. The van der Waals surface area contributed by atoms with E-state index in [1.807, 2.05) is 12.3 Å². The topological polar surface area (TPSA) is 37.4 Å². The van der Waals surface area contributed by atoms with E-state index in [0.29, 0.717) is 6.04 Å². The van der Waals surface area contributed by atoms with Crippen LogP contribution in [0.3, 0.4) is 0 Å². The highest BCUT2D eigenvalue weighted by atomic mass is 16.5. The first-order chi connectivity index (χ1) is 10.4. The summed E-state index contributed by atoms with van der Waals surface area (Å²) in [7, 11) is 0. The van der Waals surface area contributed by atoms with Crippen molar-refractivity contribution >= 4 is 16.6 Å². The van der Waals surface area contributed by atoms with Crippen LogP contribution in [0, 0.1) is 0 Å². The van der Waals surface area contributed by atoms with Crippen molar-refractivity contribution in [1.29, 1.82) is 0 Å². The fourth-order valence-electron chi connectivity index (χ4n) is 3.48. The summed E-state index contributed by atoms with van der Waals surface area (Å²) in [5.74, 6) is 0.959. The molecule has 1 aromatic carbocycles. The SMILES string of the molecule is c1ccc2c(NCC3CN4CCCC4CO3)nccc2c1. The molecule has 1 aromatic heterocycles. The lowest BCUT2D eigenvalue weighted by molar-refractivity contribution is -0.0415. The van der Waals surface area contributed by atoms with E-state index in [2.05, 4.69) is 39.5 Å². The van der Waals surface area contributed by atoms with Crippen LogP contribution in [-0.2, 0) is 4.74 Å². The van der Waals surface area contributed by atoms with Crippen molar-refractivity contribution in [2.24, 2.45) is 0 Å². The van der Waals surface area contributed by atoms with Gasteiger partial charge in [-0.15, -0.1) is 0 Å². The van der Waals surface area contributed by atoms with Crippen molar-refractivity contribution in [3.8, 4) is 0 Å². The number of nitrogens with one attached hydrogen (secondary N) is 1. The lowest BCUT2D eigenvalue weighted by Crippen LogP contribution is -2.48. The largest absolute Gasteiger partial charge is 0.373 e. The summed E-state index contributed by atoms with van der Waals surface area (Å²) in [6.07, 6.45) is 4.74. The highest BCUT2D eigenvalue weighted by molar-refractivity contribution is 5.91. The molecule has 2 unspecified atom stereocenters. The molecular weight excluding hydrogens is 262 g/mol. The Morgan fingerprint density at radius 3 is 3.24 bits per heavy atom. The number of ether oxygens (including phenoxy) is 1. The van der Waals surface area contributed by atoms with Gasteiger partial charge in [0.1, 0.15) is 5.82 Å². The zero-order chi connectivity index (χ0) is 14.1. The molecule has 2 saturated heterocycles. The number of morpholine rings is 1. The summed E-state index contributed by atoms with van der Waals surface area (Å²) in [5.41, 5.74) is 0. The van der Waals surface area contributed by atoms with Gasteiger partial charge in [0.15, 0.2) is 0 Å². The van der Waals surface area contributed by atoms with Gasteiger partial charge in [-0.1, -0.05) is 24.3 Å². The van der Waals surface area contributed by atoms with E-state index >= 15 is 0 Å². The van der Waals surface area contributed by atoms with Gasteiger partial charge in [-0.05, 0) is 30.8 Å². The van der Waals surface area contributed by atoms with E-state index in [0.717, 1.165) is 25.5 Å². The maximum Gasteiger partial charge on any atom is 0.133 e. The molecule has 0 amide bonds. The normalized spacial score (nSPS) is 25.9. The molecule has 2 atom stereocenters. The van der Waals surface area contributed by atoms with Crippen LogP contribution in [-0.4, -0.2) is 48.3 Å². The van der Waals surface area contributed by atoms with Crippen molar-refractivity contribution < 1.29 is 4.74 Å². The molecule has 1 N–H and O–H groups in total. The van der Waals surface area contributed by atoms with Crippen molar-refractivity contribution in [2.75, 3.05) is 31.6 Å².